The smallest absolute Gasteiger partial charge is 0.123 e. The van der Waals surface area contributed by atoms with Gasteiger partial charge in [0.15, 0.2) is 0 Å². The van der Waals surface area contributed by atoms with Gasteiger partial charge in [0.1, 0.15) is 6.29 Å². The minimum Gasteiger partial charge on any atom is -0.303 e. The summed E-state index contributed by atoms with van der Waals surface area (Å²) in [6, 6.07) is 6.11. The number of aldehydes is 1. The molecule has 0 saturated carbocycles. The predicted molar refractivity (Wildman–Crippen MR) is 58.6 cm³/mol. The highest BCUT2D eigenvalue weighted by molar-refractivity contribution is 9.10. The van der Waals surface area contributed by atoms with Gasteiger partial charge in [-0.25, -0.2) is 0 Å². The lowest BCUT2D eigenvalue weighted by molar-refractivity contribution is -0.107. The number of halogens is 1. The lowest BCUT2D eigenvalue weighted by Gasteiger charge is -1.98. The molecule has 1 aromatic rings. The van der Waals surface area contributed by atoms with Crippen LogP contribution in [0.25, 0.3) is 6.08 Å². The van der Waals surface area contributed by atoms with E-state index in [2.05, 4.69) is 15.9 Å². The van der Waals surface area contributed by atoms with Gasteiger partial charge in [0.05, 0.1) is 0 Å². The van der Waals surface area contributed by atoms with Gasteiger partial charge in [-0.1, -0.05) is 40.2 Å². The van der Waals surface area contributed by atoms with Crippen molar-refractivity contribution >= 4 is 28.3 Å². The molecule has 0 saturated heterocycles. The van der Waals surface area contributed by atoms with E-state index < -0.39 is 0 Å². The third-order valence-electron chi connectivity index (χ3n) is 1.74. The fraction of sp³-hybridized carbons (Fsp3) is 0.182. The van der Waals surface area contributed by atoms with Gasteiger partial charge in [-0.15, -0.1) is 0 Å². The van der Waals surface area contributed by atoms with Crippen molar-refractivity contribution < 1.29 is 4.79 Å². The first-order valence-corrected chi connectivity index (χ1v) is 4.89. The molecule has 0 atom stereocenters. The average Bonchev–Trinajstić information content (AvgIpc) is 2.12. The zero-order valence-electron chi connectivity index (χ0n) is 7.46. The second-order valence-corrected chi connectivity index (χ2v) is 3.67. The van der Waals surface area contributed by atoms with E-state index in [4.69, 9.17) is 0 Å². The lowest BCUT2D eigenvalue weighted by atomic mass is 10.1. The van der Waals surface area contributed by atoms with Crippen LogP contribution >= 0.6 is 15.9 Å². The first-order valence-electron chi connectivity index (χ1n) is 4.10. The maximum absolute atomic E-state index is 10.1. The van der Waals surface area contributed by atoms with E-state index in [-0.39, 0.29) is 0 Å². The van der Waals surface area contributed by atoms with Crippen LogP contribution in [0.1, 0.15) is 17.5 Å². The zero-order valence-corrected chi connectivity index (χ0v) is 9.04. The summed E-state index contributed by atoms with van der Waals surface area (Å²) in [4.78, 5) is 10.1. The van der Waals surface area contributed by atoms with Crippen molar-refractivity contribution in [3.8, 4) is 0 Å². The summed E-state index contributed by atoms with van der Waals surface area (Å²) in [6.45, 7) is 2.04. The average molecular weight is 239 g/mol. The molecule has 1 rings (SSSR count). The molecule has 0 fully saturated rings. The molecule has 68 valence electrons. The molecule has 0 amide bonds. The summed E-state index contributed by atoms with van der Waals surface area (Å²) in [5, 5.41) is 0. The molecule has 0 unspecified atom stereocenters. The largest absolute Gasteiger partial charge is 0.303 e. The molecule has 2 heteroatoms. The van der Waals surface area contributed by atoms with Crippen molar-refractivity contribution in [1.29, 1.82) is 0 Å². The molecular formula is C11H11BrO. The van der Waals surface area contributed by atoms with E-state index in [0.717, 1.165) is 16.3 Å². The molecular weight excluding hydrogens is 228 g/mol. The first kappa shape index (κ1) is 10.2. The minimum atomic E-state index is 0.478. The van der Waals surface area contributed by atoms with Gasteiger partial charge in [-0.2, -0.15) is 0 Å². The molecule has 0 spiro atoms. The Kier molecular flexibility index (Phi) is 3.90. The van der Waals surface area contributed by atoms with Crippen LogP contribution in [0.4, 0.5) is 0 Å². The normalized spacial score (nSPS) is 10.6. The Labute approximate surface area is 86.6 Å². The van der Waals surface area contributed by atoms with Crippen molar-refractivity contribution in [2.24, 2.45) is 0 Å². The Balaban J connectivity index is 2.79. The second kappa shape index (κ2) is 4.97. The standard InChI is InChI=1S/C11H11BrO/c1-9-5-6-10(8-11(9)12)4-2-3-7-13/h2,4-8H,3H2,1H3. The Hall–Kier alpha value is -0.890. The number of hydrogen-bond donors (Lipinski definition) is 0. The Bertz CT molecular complexity index is 329. The van der Waals surface area contributed by atoms with Gasteiger partial charge in [0.2, 0.25) is 0 Å². The number of rotatable bonds is 3. The van der Waals surface area contributed by atoms with Crippen LogP contribution in [-0.4, -0.2) is 6.29 Å². The van der Waals surface area contributed by atoms with E-state index >= 15 is 0 Å². The number of benzene rings is 1. The van der Waals surface area contributed by atoms with Crippen LogP contribution < -0.4 is 0 Å². The molecule has 1 nitrogen and oxygen atoms in total. The van der Waals surface area contributed by atoms with Crippen molar-refractivity contribution in [1.82, 2.24) is 0 Å². The highest BCUT2D eigenvalue weighted by atomic mass is 79.9. The van der Waals surface area contributed by atoms with Crippen LogP contribution in [0.15, 0.2) is 28.7 Å². The number of aryl methyl sites for hydroxylation is 1. The Morgan fingerprint density at radius 2 is 2.23 bits per heavy atom. The molecule has 0 bridgehead atoms. The topological polar surface area (TPSA) is 17.1 Å². The first-order chi connectivity index (χ1) is 6.24. The number of carbonyl (C=O) groups excluding carboxylic acids is 1. The van der Waals surface area contributed by atoms with E-state index in [0.29, 0.717) is 6.42 Å². The maximum Gasteiger partial charge on any atom is 0.123 e. The van der Waals surface area contributed by atoms with Gasteiger partial charge >= 0.3 is 0 Å². The molecule has 0 aliphatic rings. The molecule has 0 heterocycles. The molecule has 0 N–H and O–H groups in total. The number of allylic oxidation sites excluding steroid dienone is 1. The van der Waals surface area contributed by atoms with Crippen LogP contribution in [0, 0.1) is 6.92 Å². The Morgan fingerprint density at radius 3 is 2.85 bits per heavy atom. The van der Waals surface area contributed by atoms with Crippen molar-refractivity contribution in [3.05, 3.63) is 39.9 Å². The Morgan fingerprint density at radius 1 is 1.46 bits per heavy atom. The summed E-state index contributed by atoms with van der Waals surface area (Å²) >= 11 is 3.45. The van der Waals surface area contributed by atoms with E-state index in [1.807, 2.05) is 37.3 Å². The third kappa shape index (κ3) is 3.15. The molecule has 0 aliphatic carbocycles. The molecule has 13 heavy (non-hydrogen) atoms. The lowest BCUT2D eigenvalue weighted by Crippen LogP contribution is -1.77. The number of carbonyl (C=O) groups is 1. The van der Waals surface area contributed by atoms with Gasteiger partial charge in [-0.3, -0.25) is 0 Å². The van der Waals surface area contributed by atoms with E-state index in [1.165, 1.54) is 5.56 Å². The maximum atomic E-state index is 10.1. The molecule has 1 aromatic carbocycles. The van der Waals surface area contributed by atoms with Crippen LogP contribution in [0.3, 0.4) is 0 Å². The fourth-order valence-electron chi connectivity index (χ4n) is 0.972. The van der Waals surface area contributed by atoms with Crippen LogP contribution in [0.2, 0.25) is 0 Å². The summed E-state index contributed by atoms with van der Waals surface area (Å²) < 4.78 is 1.10. The summed E-state index contributed by atoms with van der Waals surface area (Å²) in [6.07, 6.45) is 5.16. The zero-order chi connectivity index (χ0) is 9.68. The van der Waals surface area contributed by atoms with E-state index in [1.54, 1.807) is 0 Å². The van der Waals surface area contributed by atoms with Gasteiger partial charge in [0.25, 0.3) is 0 Å². The van der Waals surface area contributed by atoms with E-state index in [9.17, 15) is 4.79 Å². The fourth-order valence-corrected chi connectivity index (χ4v) is 1.37. The van der Waals surface area contributed by atoms with Crippen molar-refractivity contribution in [2.45, 2.75) is 13.3 Å². The highest BCUT2D eigenvalue weighted by Crippen LogP contribution is 2.18. The SMILES string of the molecule is Cc1ccc(C=CCC=O)cc1Br. The number of hydrogen-bond acceptors (Lipinski definition) is 1. The minimum absolute atomic E-state index is 0.478. The highest BCUT2D eigenvalue weighted by Gasteiger charge is 1.93. The van der Waals surface area contributed by atoms with Crippen molar-refractivity contribution in [2.75, 3.05) is 0 Å². The molecule has 0 aliphatic heterocycles. The van der Waals surface area contributed by atoms with Gasteiger partial charge in [-0.05, 0) is 24.1 Å². The van der Waals surface area contributed by atoms with Crippen molar-refractivity contribution in [3.63, 3.8) is 0 Å². The molecule has 0 aromatic heterocycles. The predicted octanol–water partition coefficient (Wildman–Crippen LogP) is 3.36. The van der Waals surface area contributed by atoms with Gasteiger partial charge in [0, 0.05) is 10.9 Å². The quantitative estimate of drug-likeness (QED) is 0.739. The van der Waals surface area contributed by atoms with Crippen LogP contribution in [0.5, 0.6) is 0 Å². The summed E-state index contributed by atoms with van der Waals surface area (Å²) in [5.41, 5.74) is 2.33. The molecule has 0 radical (unpaired) electrons. The van der Waals surface area contributed by atoms with Crippen LogP contribution in [-0.2, 0) is 4.79 Å². The third-order valence-corrected chi connectivity index (χ3v) is 2.59. The van der Waals surface area contributed by atoms with Gasteiger partial charge < -0.3 is 4.79 Å². The monoisotopic (exact) mass is 238 g/mol. The summed E-state index contributed by atoms with van der Waals surface area (Å²) in [5.74, 6) is 0. The summed E-state index contributed by atoms with van der Waals surface area (Å²) in [7, 11) is 0. The second-order valence-electron chi connectivity index (χ2n) is 2.81.